The Hall–Kier alpha value is -3.40. The van der Waals surface area contributed by atoms with E-state index in [9.17, 15) is 15.0 Å². The Kier molecular flexibility index (Phi) is 6.51. The molecule has 0 heterocycles. The van der Waals surface area contributed by atoms with E-state index in [4.69, 9.17) is 0 Å². The number of benzene rings is 3. The van der Waals surface area contributed by atoms with Gasteiger partial charge in [0, 0.05) is 17.3 Å². The molecule has 0 unspecified atom stereocenters. The van der Waals surface area contributed by atoms with Crippen molar-refractivity contribution >= 4 is 12.2 Å². The maximum absolute atomic E-state index is 12.8. The molecule has 0 saturated heterocycles. The summed E-state index contributed by atoms with van der Waals surface area (Å²) in [5, 5.41) is 21.6. The number of carbonyl (C=O) groups is 1. The van der Waals surface area contributed by atoms with E-state index in [-0.39, 0.29) is 16.6 Å². The van der Waals surface area contributed by atoms with Gasteiger partial charge in [-0.05, 0) is 33.6 Å². The maximum Gasteiger partial charge on any atom is 0.340 e. The van der Waals surface area contributed by atoms with Crippen LogP contribution in [-0.2, 0) is 21.2 Å². The smallest absolute Gasteiger partial charge is 0.340 e. The highest BCUT2D eigenvalue weighted by molar-refractivity contribution is 5.92. The van der Waals surface area contributed by atoms with E-state index < -0.39 is 11.5 Å². The fraction of sp³-hybridized carbons (Fsp3) is 0.310. The number of carboxylic acid groups (broad SMARTS) is 1. The zero-order chi connectivity index (χ0) is 24.4. The van der Waals surface area contributed by atoms with Crippen molar-refractivity contribution in [3.05, 3.63) is 101 Å². The summed E-state index contributed by atoms with van der Waals surface area (Å²) in [6.07, 6.45) is 1.51. The Labute approximate surface area is 196 Å². The van der Waals surface area contributed by atoms with Crippen molar-refractivity contribution in [2.45, 2.75) is 57.9 Å². The second-order valence-corrected chi connectivity index (χ2v) is 10.5. The van der Waals surface area contributed by atoms with Gasteiger partial charge in [-0.1, -0.05) is 108 Å². The van der Waals surface area contributed by atoms with Crippen LogP contribution in [0.1, 0.15) is 69.4 Å². The van der Waals surface area contributed by atoms with Gasteiger partial charge in [0.2, 0.25) is 5.54 Å². The number of phenols is 1. The Morgan fingerprint density at radius 2 is 1.24 bits per heavy atom. The summed E-state index contributed by atoms with van der Waals surface area (Å²) >= 11 is 0. The Bertz CT molecular complexity index is 1110. The highest BCUT2D eigenvalue weighted by Gasteiger charge is 2.42. The fourth-order valence-electron chi connectivity index (χ4n) is 3.90. The zero-order valence-corrected chi connectivity index (χ0v) is 20.3. The van der Waals surface area contributed by atoms with E-state index in [0.29, 0.717) is 16.7 Å². The molecule has 0 aliphatic rings. The first-order valence-corrected chi connectivity index (χ1v) is 11.1. The number of nitrogens with zero attached hydrogens (tertiary/aromatic N) is 1. The lowest BCUT2D eigenvalue weighted by Crippen LogP contribution is -2.35. The molecule has 172 valence electrons. The second-order valence-electron chi connectivity index (χ2n) is 10.5. The van der Waals surface area contributed by atoms with Crippen LogP contribution in [0.15, 0.2) is 77.8 Å². The minimum atomic E-state index is -1.64. The van der Waals surface area contributed by atoms with Crippen molar-refractivity contribution in [2.75, 3.05) is 0 Å². The predicted molar refractivity (Wildman–Crippen MR) is 134 cm³/mol. The van der Waals surface area contributed by atoms with Gasteiger partial charge in [0.25, 0.3) is 0 Å². The molecule has 0 fully saturated rings. The molecule has 3 aromatic carbocycles. The lowest BCUT2D eigenvalue weighted by Gasteiger charge is -2.28. The predicted octanol–water partition coefficient (Wildman–Crippen LogP) is 6.43. The Morgan fingerprint density at radius 3 is 1.64 bits per heavy atom. The highest BCUT2D eigenvalue weighted by Crippen LogP contribution is 2.39. The number of phenolic OH excluding ortho intramolecular Hbond substituents is 1. The third kappa shape index (κ3) is 4.85. The molecule has 0 saturated carbocycles. The van der Waals surface area contributed by atoms with Crippen LogP contribution in [0.25, 0.3) is 0 Å². The average molecular weight is 444 g/mol. The average Bonchev–Trinajstić information content (AvgIpc) is 2.75. The highest BCUT2D eigenvalue weighted by atomic mass is 16.4. The van der Waals surface area contributed by atoms with E-state index in [1.54, 1.807) is 48.5 Å². The molecule has 0 aliphatic heterocycles. The normalized spacial score (nSPS) is 12.8. The van der Waals surface area contributed by atoms with Crippen molar-refractivity contribution < 1.29 is 15.0 Å². The maximum atomic E-state index is 12.8. The molecule has 0 radical (unpaired) electrons. The number of hydrogen-bond donors (Lipinski definition) is 2. The van der Waals surface area contributed by atoms with Gasteiger partial charge >= 0.3 is 5.97 Å². The van der Waals surface area contributed by atoms with Crippen LogP contribution in [0.4, 0.5) is 0 Å². The lowest BCUT2D eigenvalue weighted by atomic mass is 9.79. The molecule has 4 heteroatoms. The SMILES string of the molecule is CC(C)(C)c1cc(/C=N/C(C(=O)O)(c2ccccc2)c2ccccc2)c(O)c(C(C)(C)C)c1. The van der Waals surface area contributed by atoms with Gasteiger partial charge in [0.1, 0.15) is 5.75 Å². The lowest BCUT2D eigenvalue weighted by molar-refractivity contribution is -0.141. The van der Waals surface area contributed by atoms with Crippen molar-refractivity contribution in [3.8, 4) is 5.75 Å². The first-order valence-electron chi connectivity index (χ1n) is 11.1. The van der Waals surface area contributed by atoms with Gasteiger partial charge in [-0.15, -0.1) is 0 Å². The van der Waals surface area contributed by atoms with Crippen molar-refractivity contribution in [2.24, 2.45) is 4.99 Å². The van der Waals surface area contributed by atoms with Gasteiger partial charge in [-0.2, -0.15) is 0 Å². The molecule has 0 atom stereocenters. The third-order valence-electron chi connectivity index (χ3n) is 5.90. The molecule has 0 bridgehead atoms. The molecule has 0 amide bonds. The largest absolute Gasteiger partial charge is 0.507 e. The zero-order valence-electron chi connectivity index (χ0n) is 20.3. The monoisotopic (exact) mass is 443 g/mol. The van der Waals surface area contributed by atoms with Crippen molar-refractivity contribution in [3.63, 3.8) is 0 Å². The Balaban J connectivity index is 2.30. The van der Waals surface area contributed by atoms with Gasteiger partial charge in [0.05, 0.1) is 0 Å². The molecule has 0 aromatic heterocycles. The minimum Gasteiger partial charge on any atom is -0.507 e. The van der Waals surface area contributed by atoms with Gasteiger partial charge in [-0.3, -0.25) is 4.99 Å². The van der Waals surface area contributed by atoms with E-state index in [1.165, 1.54) is 6.21 Å². The van der Waals surface area contributed by atoms with Crippen LogP contribution in [0, 0.1) is 0 Å². The first-order chi connectivity index (χ1) is 15.4. The van der Waals surface area contributed by atoms with Gasteiger partial charge < -0.3 is 10.2 Å². The van der Waals surface area contributed by atoms with E-state index in [2.05, 4.69) is 25.8 Å². The molecular formula is C29H33NO3. The molecule has 3 aromatic rings. The fourth-order valence-corrected chi connectivity index (χ4v) is 3.90. The van der Waals surface area contributed by atoms with Crippen LogP contribution >= 0.6 is 0 Å². The second kappa shape index (κ2) is 8.86. The Morgan fingerprint density at radius 1 is 0.758 bits per heavy atom. The van der Waals surface area contributed by atoms with Crippen LogP contribution in [0.2, 0.25) is 0 Å². The van der Waals surface area contributed by atoms with E-state index >= 15 is 0 Å². The molecule has 33 heavy (non-hydrogen) atoms. The number of aliphatic imine (C=N–C) groups is 1. The summed E-state index contributed by atoms with van der Waals surface area (Å²) in [7, 11) is 0. The minimum absolute atomic E-state index is 0.125. The quantitative estimate of drug-likeness (QED) is 0.446. The molecule has 2 N–H and O–H groups in total. The van der Waals surface area contributed by atoms with Crippen LogP contribution in [0.3, 0.4) is 0 Å². The summed E-state index contributed by atoms with van der Waals surface area (Å²) < 4.78 is 0. The van der Waals surface area contributed by atoms with Gasteiger partial charge in [0.15, 0.2) is 0 Å². The number of carboxylic acids is 1. The summed E-state index contributed by atoms with van der Waals surface area (Å²) in [6.45, 7) is 12.5. The number of hydrogen-bond acceptors (Lipinski definition) is 3. The number of aliphatic carboxylic acids is 1. The van der Waals surface area contributed by atoms with E-state index in [1.807, 2.05) is 45.0 Å². The van der Waals surface area contributed by atoms with Crippen LogP contribution in [0.5, 0.6) is 5.75 Å². The topological polar surface area (TPSA) is 69.9 Å². The third-order valence-corrected chi connectivity index (χ3v) is 5.90. The standard InChI is InChI=1S/C29H33NO3/c1-27(2,3)23-17-20(25(31)24(18-23)28(4,5)6)19-30-29(26(32)33,21-13-9-7-10-14-21)22-15-11-8-12-16-22/h7-19,31H,1-6H3,(H,32,33)/b30-19+. The first kappa shape index (κ1) is 24.2. The van der Waals surface area contributed by atoms with Crippen LogP contribution in [-0.4, -0.2) is 22.4 Å². The molecule has 4 nitrogen and oxygen atoms in total. The molecular weight excluding hydrogens is 410 g/mol. The van der Waals surface area contributed by atoms with Gasteiger partial charge in [-0.25, -0.2) is 4.79 Å². The molecule has 0 spiro atoms. The molecule has 0 aliphatic carbocycles. The number of aromatic hydroxyl groups is 1. The number of rotatable bonds is 5. The summed E-state index contributed by atoms with van der Waals surface area (Å²) in [5.41, 5.74) is 1.35. The summed E-state index contributed by atoms with van der Waals surface area (Å²) in [4.78, 5) is 17.5. The van der Waals surface area contributed by atoms with Crippen LogP contribution < -0.4 is 0 Å². The van der Waals surface area contributed by atoms with Crippen molar-refractivity contribution in [1.82, 2.24) is 0 Å². The summed E-state index contributed by atoms with van der Waals surface area (Å²) in [6, 6.07) is 21.9. The summed E-state index contributed by atoms with van der Waals surface area (Å²) in [5.74, 6) is -0.960. The van der Waals surface area contributed by atoms with E-state index in [0.717, 1.165) is 11.1 Å². The van der Waals surface area contributed by atoms with Crippen molar-refractivity contribution in [1.29, 1.82) is 0 Å². The molecule has 3 rings (SSSR count).